The minimum atomic E-state index is -0.470. The van der Waals surface area contributed by atoms with Gasteiger partial charge in [0, 0.05) is 13.1 Å². The van der Waals surface area contributed by atoms with E-state index in [2.05, 4.69) is 0 Å². The highest BCUT2D eigenvalue weighted by Gasteiger charge is 2.48. The summed E-state index contributed by atoms with van der Waals surface area (Å²) in [4.78, 5) is 26.6. The Bertz CT molecular complexity index is 608. The number of benzene rings is 1. The molecule has 1 heterocycles. The Labute approximate surface area is 149 Å². The Morgan fingerprint density at radius 1 is 1.08 bits per heavy atom. The second kappa shape index (κ2) is 7.06. The predicted molar refractivity (Wildman–Crippen MR) is 93.7 cm³/mol. The SMILES string of the molecule is CC(C)(C)OC(=O)C1C2CCC1CN(C(=O)OCc1ccccc1)C2. The molecule has 3 rings (SSSR count). The molecular formula is C20H27NO4. The van der Waals surface area contributed by atoms with Gasteiger partial charge in [-0.05, 0) is 51.0 Å². The van der Waals surface area contributed by atoms with Gasteiger partial charge in [0.05, 0.1) is 5.92 Å². The van der Waals surface area contributed by atoms with Crippen LogP contribution in [0.4, 0.5) is 4.79 Å². The highest BCUT2D eigenvalue weighted by atomic mass is 16.6. The summed E-state index contributed by atoms with van der Waals surface area (Å²) < 4.78 is 11.0. The van der Waals surface area contributed by atoms with E-state index in [9.17, 15) is 9.59 Å². The zero-order valence-electron chi connectivity index (χ0n) is 15.2. The van der Waals surface area contributed by atoms with Gasteiger partial charge in [0.1, 0.15) is 12.2 Å². The number of hydrogen-bond acceptors (Lipinski definition) is 4. The van der Waals surface area contributed by atoms with E-state index in [1.54, 1.807) is 4.90 Å². The summed E-state index contributed by atoms with van der Waals surface area (Å²) in [6, 6.07) is 9.66. The maximum Gasteiger partial charge on any atom is 0.410 e. The Hall–Kier alpha value is -2.04. The average Bonchev–Trinajstić information content (AvgIpc) is 2.82. The lowest BCUT2D eigenvalue weighted by molar-refractivity contribution is -0.164. The molecule has 136 valence electrons. The van der Waals surface area contributed by atoms with Crippen LogP contribution in [0.15, 0.2) is 30.3 Å². The Balaban J connectivity index is 1.56. The second-order valence-corrected chi connectivity index (χ2v) is 8.10. The molecule has 1 saturated heterocycles. The number of ether oxygens (including phenoxy) is 2. The molecule has 2 aliphatic rings. The molecule has 0 spiro atoms. The van der Waals surface area contributed by atoms with Gasteiger partial charge < -0.3 is 14.4 Å². The van der Waals surface area contributed by atoms with Crippen LogP contribution in [0, 0.1) is 17.8 Å². The summed E-state index contributed by atoms with van der Waals surface area (Å²) in [5.74, 6) is 0.158. The van der Waals surface area contributed by atoms with Crippen LogP contribution in [0.3, 0.4) is 0 Å². The molecule has 5 heteroatoms. The largest absolute Gasteiger partial charge is 0.460 e. The van der Waals surface area contributed by atoms with Gasteiger partial charge in [-0.15, -0.1) is 0 Å². The van der Waals surface area contributed by atoms with Crippen LogP contribution in [-0.2, 0) is 20.9 Å². The minimum absolute atomic E-state index is 0.0857. The predicted octanol–water partition coefficient (Wildman–Crippen LogP) is 3.62. The van der Waals surface area contributed by atoms with Gasteiger partial charge >= 0.3 is 12.1 Å². The van der Waals surface area contributed by atoms with Crippen molar-refractivity contribution in [1.82, 2.24) is 4.90 Å². The van der Waals surface area contributed by atoms with Gasteiger partial charge in [0.15, 0.2) is 0 Å². The van der Waals surface area contributed by atoms with Crippen molar-refractivity contribution in [2.45, 2.75) is 45.8 Å². The first-order valence-corrected chi connectivity index (χ1v) is 9.02. The molecule has 1 amide bonds. The molecule has 2 fully saturated rings. The molecule has 25 heavy (non-hydrogen) atoms. The zero-order chi connectivity index (χ0) is 18.0. The molecular weight excluding hydrogens is 318 g/mol. The van der Waals surface area contributed by atoms with Gasteiger partial charge in [-0.1, -0.05) is 30.3 Å². The molecule has 1 saturated carbocycles. The maximum absolute atomic E-state index is 12.5. The molecule has 0 N–H and O–H groups in total. The highest BCUT2D eigenvalue weighted by Crippen LogP contribution is 2.43. The van der Waals surface area contributed by atoms with E-state index in [-0.39, 0.29) is 36.4 Å². The van der Waals surface area contributed by atoms with Crippen LogP contribution in [0.5, 0.6) is 0 Å². The molecule has 1 aliphatic carbocycles. The van der Waals surface area contributed by atoms with Crippen LogP contribution in [0.2, 0.25) is 0 Å². The van der Waals surface area contributed by atoms with Gasteiger partial charge in [-0.25, -0.2) is 4.79 Å². The van der Waals surface area contributed by atoms with Gasteiger partial charge in [0.25, 0.3) is 0 Å². The summed E-state index contributed by atoms with van der Waals surface area (Å²) in [6.45, 7) is 7.11. The third-order valence-corrected chi connectivity index (χ3v) is 4.98. The van der Waals surface area contributed by atoms with Crippen LogP contribution in [0.1, 0.15) is 39.2 Å². The Kier molecular flexibility index (Phi) is 5.02. The van der Waals surface area contributed by atoms with Crippen LogP contribution < -0.4 is 0 Å². The molecule has 1 aliphatic heterocycles. The normalized spacial score (nSPS) is 25.6. The lowest BCUT2D eigenvalue weighted by Crippen LogP contribution is -2.48. The lowest BCUT2D eigenvalue weighted by Gasteiger charge is -2.37. The van der Waals surface area contributed by atoms with Crippen molar-refractivity contribution in [3.63, 3.8) is 0 Å². The molecule has 1 aromatic carbocycles. The standard InChI is InChI=1S/C20H27NO4/c1-20(2,3)25-18(22)17-15-9-10-16(17)12-21(11-15)19(23)24-13-14-7-5-4-6-8-14/h4-8,15-17H,9-13H2,1-3H3. The zero-order valence-corrected chi connectivity index (χ0v) is 15.2. The lowest BCUT2D eigenvalue weighted by atomic mass is 9.85. The Morgan fingerprint density at radius 2 is 1.68 bits per heavy atom. The van der Waals surface area contributed by atoms with Crippen LogP contribution >= 0.6 is 0 Å². The fourth-order valence-electron chi connectivity index (χ4n) is 3.94. The first-order chi connectivity index (χ1) is 11.8. The van der Waals surface area contributed by atoms with E-state index in [1.165, 1.54) is 0 Å². The molecule has 2 bridgehead atoms. The number of hydrogen-bond donors (Lipinski definition) is 0. The van der Waals surface area contributed by atoms with Crippen molar-refractivity contribution in [3.8, 4) is 0 Å². The van der Waals surface area contributed by atoms with E-state index in [0.29, 0.717) is 13.1 Å². The van der Waals surface area contributed by atoms with E-state index in [4.69, 9.17) is 9.47 Å². The van der Waals surface area contributed by atoms with Gasteiger partial charge in [-0.3, -0.25) is 4.79 Å². The first-order valence-electron chi connectivity index (χ1n) is 9.02. The van der Waals surface area contributed by atoms with Gasteiger partial charge in [-0.2, -0.15) is 0 Å². The summed E-state index contributed by atoms with van der Waals surface area (Å²) >= 11 is 0. The molecule has 0 radical (unpaired) electrons. The minimum Gasteiger partial charge on any atom is -0.460 e. The smallest absolute Gasteiger partial charge is 0.410 e. The number of carbonyl (C=O) groups excluding carboxylic acids is 2. The average molecular weight is 345 g/mol. The maximum atomic E-state index is 12.5. The highest BCUT2D eigenvalue weighted by molar-refractivity contribution is 5.75. The molecule has 5 nitrogen and oxygen atoms in total. The monoisotopic (exact) mass is 345 g/mol. The number of nitrogens with zero attached hydrogens (tertiary/aromatic N) is 1. The van der Waals surface area contributed by atoms with Crippen molar-refractivity contribution in [2.24, 2.45) is 17.8 Å². The summed E-state index contributed by atoms with van der Waals surface area (Å²) in [5.41, 5.74) is 0.505. The fourth-order valence-corrected chi connectivity index (χ4v) is 3.94. The second-order valence-electron chi connectivity index (χ2n) is 8.10. The number of rotatable bonds is 3. The van der Waals surface area contributed by atoms with Crippen molar-refractivity contribution in [1.29, 1.82) is 0 Å². The van der Waals surface area contributed by atoms with Crippen molar-refractivity contribution < 1.29 is 19.1 Å². The van der Waals surface area contributed by atoms with Crippen molar-refractivity contribution in [2.75, 3.05) is 13.1 Å². The molecule has 0 aromatic heterocycles. The topological polar surface area (TPSA) is 55.8 Å². The van der Waals surface area contributed by atoms with E-state index >= 15 is 0 Å². The van der Waals surface area contributed by atoms with Crippen molar-refractivity contribution >= 4 is 12.1 Å². The number of likely N-dealkylation sites (tertiary alicyclic amines) is 1. The summed E-state index contributed by atoms with van der Waals surface area (Å²) in [5, 5.41) is 0. The molecule has 2 atom stereocenters. The van der Waals surface area contributed by atoms with E-state index in [0.717, 1.165) is 18.4 Å². The Morgan fingerprint density at radius 3 is 2.24 bits per heavy atom. The first kappa shape index (κ1) is 17.8. The molecule has 1 aromatic rings. The van der Waals surface area contributed by atoms with Crippen LogP contribution in [-0.4, -0.2) is 35.7 Å². The quantitative estimate of drug-likeness (QED) is 0.785. The van der Waals surface area contributed by atoms with Crippen molar-refractivity contribution in [3.05, 3.63) is 35.9 Å². The third-order valence-electron chi connectivity index (χ3n) is 4.98. The molecule has 2 unspecified atom stereocenters. The number of piperidine rings is 1. The summed E-state index contributed by atoms with van der Waals surface area (Å²) in [7, 11) is 0. The van der Waals surface area contributed by atoms with E-state index in [1.807, 2.05) is 51.1 Å². The number of amides is 1. The fraction of sp³-hybridized carbons (Fsp3) is 0.600. The number of fused-ring (bicyclic) bond motifs is 2. The van der Waals surface area contributed by atoms with Gasteiger partial charge in [0.2, 0.25) is 0 Å². The number of carbonyl (C=O) groups is 2. The third kappa shape index (κ3) is 4.33. The number of esters is 1. The van der Waals surface area contributed by atoms with E-state index < -0.39 is 5.60 Å². The summed E-state index contributed by atoms with van der Waals surface area (Å²) in [6.07, 6.45) is 1.65. The van der Waals surface area contributed by atoms with Crippen LogP contribution in [0.25, 0.3) is 0 Å².